The summed E-state index contributed by atoms with van der Waals surface area (Å²) < 4.78 is 52.4. The Morgan fingerprint density at radius 2 is 1.76 bits per heavy atom. The summed E-state index contributed by atoms with van der Waals surface area (Å²) in [6.45, 7) is 0. The summed E-state index contributed by atoms with van der Waals surface area (Å²) in [6.07, 6.45) is -4.85. The zero-order valence-corrected chi connectivity index (χ0v) is 11.0. The molecule has 21 heavy (non-hydrogen) atoms. The largest absolute Gasteiger partial charge is 0.478 e. The van der Waals surface area contributed by atoms with E-state index in [4.69, 9.17) is 16.7 Å². The maximum atomic E-state index is 13.7. The number of rotatable bonds is 2. The van der Waals surface area contributed by atoms with Crippen LogP contribution in [0.4, 0.5) is 17.6 Å². The minimum Gasteiger partial charge on any atom is -0.478 e. The molecule has 0 bridgehead atoms. The molecule has 0 unspecified atom stereocenters. The van der Waals surface area contributed by atoms with Crippen LogP contribution in [-0.2, 0) is 6.18 Å². The molecule has 0 aromatic heterocycles. The highest BCUT2D eigenvalue weighted by Crippen LogP contribution is 2.36. The van der Waals surface area contributed by atoms with Gasteiger partial charge in [0.1, 0.15) is 5.82 Å². The van der Waals surface area contributed by atoms with Crippen LogP contribution in [0.2, 0.25) is 5.02 Å². The molecule has 0 saturated carbocycles. The van der Waals surface area contributed by atoms with Gasteiger partial charge in [0.05, 0.1) is 11.1 Å². The van der Waals surface area contributed by atoms with Gasteiger partial charge >= 0.3 is 12.1 Å². The predicted molar refractivity (Wildman–Crippen MR) is 68.8 cm³/mol. The molecule has 2 aromatic rings. The number of aromatic carboxylic acids is 1. The molecule has 0 aliphatic heterocycles. The maximum Gasteiger partial charge on any atom is 0.417 e. The summed E-state index contributed by atoms with van der Waals surface area (Å²) in [6, 6.07) is 6.05. The van der Waals surface area contributed by atoms with Crippen molar-refractivity contribution in [3.05, 3.63) is 58.4 Å². The Morgan fingerprint density at radius 1 is 1.10 bits per heavy atom. The van der Waals surface area contributed by atoms with Gasteiger partial charge in [0, 0.05) is 10.6 Å². The van der Waals surface area contributed by atoms with E-state index < -0.39 is 29.1 Å². The third-order valence-electron chi connectivity index (χ3n) is 2.80. The second-order valence-corrected chi connectivity index (χ2v) is 4.62. The number of carboxylic acid groups (broad SMARTS) is 1. The van der Waals surface area contributed by atoms with E-state index in [-0.39, 0.29) is 16.1 Å². The fraction of sp³-hybridized carbons (Fsp3) is 0.0714. The lowest BCUT2D eigenvalue weighted by molar-refractivity contribution is -0.138. The Kier molecular flexibility index (Phi) is 3.91. The SMILES string of the molecule is O=C(O)c1ccc(-c2ccc(Cl)cc2F)cc1C(F)(F)F. The molecule has 0 amide bonds. The van der Waals surface area contributed by atoms with Gasteiger partial charge in [-0.05, 0) is 35.9 Å². The maximum absolute atomic E-state index is 13.7. The molecule has 2 nitrogen and oxygen atoms in total. The van der Waals surface area contributed by atoms with Gasteiger partial charge in [-0.3, -0.25) is 0 Å². The van der Waals surface area contributed by atoms with E-state index in [1.807, 2.05) is 0 Å². The molecule has 1 N–H and O–H groups in total. The zero-order chi connectivity index (χ0) is 15.8. The topological polar surface area (TPSA) is 37.3 Å². The molecule has 0 spiro atoms. The second-order valence-electron chi connectivity index (χ2n) is 4.19. The van der Waals surface area contributed by atoms with Crippen molar-refractivity contribution >= 4 is 17.6 Å². The van der Waals surface area contributed by atoms with Crippen molar-refractivity contribution in [2.45, 2.75) is 6.18 Å². The van der Waals surface area contributed by atoms with E-state index >= 15 is 0 Å². The summed E-state index contributed by atoms with van der Waals surface area (Å²) in [5, 5.41) is 8.90. The van der Waals surface area contributed by atoms with Crippen molar-refractivity contribution in [2.75, 3.05) is 0 Å². The minimum atomic E-state index is -4.85. The number of halogens is 5. The minimum absolute atomic E-state index is 0.0820. The van der Waals surface area contributed by atoms with Gasteiger partial charge in [0.15, 0.2) is 0 Å². The van der Waals surface area contributed by atoms with E-state index in [1.165, 1.54) is 12.1 Å². The Bertz CT molecular complexity index is 711. The van der Waals surface area contributed by atoms with Crippen molar-refractivity contribution in [3.8, 4) is 11.1 Å². The number of hydrogen-bond donors (Lipinski definition) is 1. The molecule has 0 saturated heterocycles. The van der Waals surface area contributed by atoms with E-state index in [9.17, 15) is 22.4 Å². The molecule has 0 atom stereocenters. The molecule has 110 valence electrons. The molecule has 0 heterocycles. The van der Waals surface area contributed by atoms with Crippen LogP contribution in [-0.4, -0.2) is 11.1 Å². The lowest BCUT2D eigenvalue weighted by atomic mass is 9.98. The average molecular weight is 319 g/mol. The molecular formula is C14H7ClF4O2. The van der Waals surface area contributed by atoms with Crippen molar-refractivity contribution in [1.29, 1.82) is 0 Å². The summed E-state index contributed by atoms with van der Waals surface area (Å²) in [7, 11) is 0. The van der Waals surface area contributed by atoms with E-state index in [0.717, 1.165) is 18.2 Å². The van der Waals surface area contributed by atoms with Gasteiger partial charge in [-0.1, -0.05) is 17.7 Å². The zero-order valence-electron chi connectivity index (χ0n) is 10.2. The number of carboxylic acids is 1. The lowest BCUT2D eigenvalue weighted by Crippen LogP contribution is -2.13. The van der Waals surface area contributed by atoms with Crippen LogP contribution in [0.15, 0.2) is 36.4 Å². The molecule has 2 aromatic carbocycles. The predicted octanol–water partition coefficient (Wildman–Crippen LogP) is 4.86. The molecular weight excluding hydrogens is 312 g/mol. The van der Waals surface area contributed by atoms with Crippen LogP contribution in [0.3, 0.4) is 0 Å². The molecule has 0 aliphatic carbocycles. The van der Waals surface area contributed by atoms with E-state index in [0.29, 0.717) is 6.07 Å². The van der Waals surface area contributed by atoms with E-state index in [1.54, 1.807) is 0 Å². The molecule has 0 aliphatic rings. The Balaban J connectivity index is 2.64. The van der Waals surface area contributed by atoms with E-state index in [2.05, 4.69) is 0 Å². The van der Waals surface area contributed by atoms with Crippen molar-refractivity contribution in [1.82, 2.24) is 0 Å². The fourth-order valence-electron chi connectivity index (χ4n) is 1.86. The van der Waals surface area contributed by atoms with Crippen molar-refractivity contribution in [2.24, 2.45) is 0 Å². The highest BCUT2D eigenvalue weighted by molar-refractivity contribution is 6.30. The molecule has 2 rings (SSSR count). The molecule has 7 heteroatoms. The Labute approximate surface area is 121 Å². The third-order valence-corrected chi connectivity index (χ3v) is 3.03. The number of hydrogen-bond acceptors (Lipinski definition) is 1. The quantitative estimate of drug-likeness (QED) is 0.803. The van der Waals surface area contributed by atoms with Crippen LogP contribution < -0.4 is 0 Å². The lowest BCUT2D eigenvalue weighted by Gasteiger charge is -2.12. The van der Waals surface area contributed by atoms with Crippen LogP contribution in [0, 0.1) is 5.82 Å². The fourth-order valence-corrected chi connectivity index (χ4v) is 2.02. The van der Waals surface area contributed by atoms with Crippen LogP contribution in [0.5, 0.6) is 0 Å². The van der Waals surface area contributed by atoms with Crippen LogP contribution >= 0.6 is 11.6 Å². The normalized spacial score (nSPS) is 11.5. The summed E-state index contributed by atoms with van der Waals surface area (Å²) >= 11 is 5.58. The number of alkyl halides is 3. The van der Waals surface area contributed by atoms with Gasteiger partial charge < -0.3 is 5.11 Å². The van der Waals surface area contributed by atoms with Crippen molar-refractivity contribution < 1.29 is 27.5 Å². The van der Waals surface area contributed by atoms with Gasteiger partial charge in [-0.15, -0.1) is 0 Å². The Hall–Kier alpha value is -2.08. The first kappa shape index (κ1) is 15.3. The molecule has 0 fully saturated rings. The summed E-state index contributed by atoms with van der Waals surface area (Å²) in [5.74, 6) is -2.50. The van der Waals surface area contributed by atoms with Gasteiger partial charge in [0.25, 0.3) is 0 Å². The monoisotopic (exact) mass is 318 g/mol. The first-order valence-corrected chi connectivity index (χ1v) is 5.98. The van der Waals surface area contributed by atoms with Gasteiger partial charge in [-0.2, -0.15) is 13.2 Å². The van der Waals surface area contributed by atoms with Gasteiger partial charge in [-0.25, -0.2) is 9.18 Å². The van der Waals surface area contributed by atoms with Crippen molar-refractivity contribution in [3.63, 3.8) is 0 Å². The highest BCUT2D eigenvalue weighted by atomic mass is 35.5. The smallest absolute Gasteiger partial charge is 0.417 e. The van der Waals surface area contributed by atoms with Crippen LogP contribution in [0.1, 0.15) is 15.9 Å². The highest BCUT2D eigenvalue weighted by Gasteiger charge is 2.35. The Morgan fingerprint density at radius 3 is 2.29 bits per heavy atom. The van der Waals surface area contributed by atoms with Crippen LogP contribution in [0.25, 0.3) is 11.1 Å². The molecule has 0 radical (unpaired) electrons. The van der Waals surface area contributed by atoms with Gasteiger partial charge in [0.2, 0.25) is 0 Å². The third kappa shape index (κ3) is 3.16. The number of benzene rings is 2. The second kappa shape index (κ2) is 5.37. The average Bonchev–Trinajstić information content (AvgIpc) is 2.37. The summed E-state index contributed by atoms with van der Waals surface area (Å²) in [5.41, 5.74) is -2.40. The first-order valence-electron chi connectivity index (χ1n) is 5.60. The standard InChI is InChI=1S/C14H7ClF4O2/c15-8-2-4-9(12(16)6-8)7-1-3-10(13(20)21)11(5-7)14(17,18)19/h1-6H,(H,20,21). The summed E-state index contributed by atoms with van der Waals surface area (Å²) in [4.78, 5) is 10.8. The number of carbonyl (C=O) groups is 1. The first-order chi connectivity index (χ1) is 9.70.